The van der Waals surface area contributed by atoms with Gasteiger partial charge in [-0.25, -0.2) is 0 Å². The first-order valence-electron chi connectivity index (χ1n) is 8.47. The second-order valence-electron chi connectivity index (χ2n) is 6.63. The molecule has 1 aromatic heterocycles. The first-order chi connectivity index (χ1) is 11.9. The second-order valence-corrected chi connectivity index (χ2v) is 6.63. The van der Waals surface area contributed by atoms with Crippen molar-refractivity contribution in [1.82, 2.24) is 4.98 Å². The van der Waals surface area contributed by atoms with Gasteiger partial charge < -0.3 is 0 Å². The van der Waals surface area contributed by atoms with E-state index in [0.29, 0.717) is 0 Å². The van der Waals surface area contributed by atoms with Gasteiger partial charge in [-0.15, -0.1) is 35.4 Å². The van der Waals surface area contributed by atoms with E-state index < -0.39 is 0 Å². The fourth-order valence-electron chi connectivity index (χ4n) is 4.42. The van der Waals surface area contributed by atoms with E-state index in [9.17, 15) is 0 Å². The number of benzene rings is 3. The van der Waals surface area contributed by atoms with Crippen molar-refractivity contribution >= 4 is 10.9 Å². The summed E-state index contributed by atoms with van der Waals surface area (Å²) in [5, 5.41) is 1.33. The molecule has 0 N–H and O–H groups in total. The minimum absolute atomic E-state index is 0. The van der Waals surface area contributed by atoms with Crippen molar-refractivity contribution in [2.75, 3.05) is 0 Å². The number of rotatable bonds is 0. The van der Waals surface area contributed by atoms with Gasteiger partial charge in [0.25, 0.3) is 0 Å². The number of aromatic nitrogens is 1. The summed E-state index contributed by atoms with van der Waals surface area (Å²) in [4.78, 5) is 5.07. The van der Waals surface area contributed by atoms with Gasteiger partial charge in [0.2, 0.25) is 0 Å². The van der Waals surface area contributed by atoms with E-state index in [4.69, 9.17) is 4.98 Å². The number of fused-ring (bicyclic) bond motifs is 7. The summed E-state index contributed by atoms with van der Waals surface area (Å²) in [5.74, 6) is 0. The SMILES string of the molecule is [Ir].[c-]1cccc2c1-c1nc3cccc4c3c(c1CC2)-c1ccccc1-4. The van der Waals surface area contributed by atoms with Gasteiger partial charge in [-0.05, 0) is 40.4 Å². The Morgan fingerprint density at radius 1 is 0.800 bits per heavy atom. The molecule has 0 unspecified atom stereocenters. The van der Waals surface area contributed by atoms with Gasteiger partial charge in [0.1, 0.15) is 0 Å². The van der Waals surface area contributed by atoms with Gasteiger partial charge in [0.15, 0.2) is 0 Å². The number of hydrogen-bond donors (Lipinski definition) is 0. The van der Waals surface area contributed by atoms with E-state index in [1.807, 2.05) is 6.07 Å². The summed E-state index contributed by atoms with van der Waals surface area (Å²) >= 11 is 0. The summed E-state index contributed by atoms with van der Waals surface area (Å²) in [6.07, 6.45) is 2.13. The summed E-state index contributed by atoms with van der Waals surface area (Å²) in [6, 6.07) is 25.0. The Bertz CT molecular complexity index is 1160. The maximum absolute atomic E-state index is 5.07. The zero-order valence-corrected chi connectivity index (χ0v) is 15.9. The normalized spacial score (nSPS) is 13.0. The molecule has 6 rings (SSSR count). The molecule has 0 spiro atoms. The van der Waals surface area contributed by atoms with Crippen LogP contribution in [-0.2, 0) is 32.9 Å². The van der Waals surface area contributed by atoms with Gasteiger partial charge in [0.05, 0.1) is 5.52 Å². The molecule has 0 fully saturated rings. The monoisotopic (exact) mass is 497 g/mol. The molecule has 121 valence electrons. The van der Waals surface area contributed by atoms with Crippen LogP contribution in [0.1, 0.15) is 11.1 Å². The smallest absolute Gasteiger partial charge is 0.0608 e. The standard InChI is InChI=1S/C23H14N.Ir/c1-2-7-15-14(6-1)12-13-19-21-17-9-4-3-8-16(17)18-10-5-11-20(22(18)21)24-23(15)19;/h1-6,8-11H,12-13H2;/q-1;. The fourth-order valence-corrected chi connectivity index (χ4v) is 4.42. The Morgan fingerprint density at radius 3 is 2.56 bits per heavy atom. The molecule has 1 radical (unpaired) electrons. The minimum atomic E-state index is 0. The van der Waals surface area contributed by atoms with Crippen LogP contribution in [0.15, 0.2) is 60.7 Å². The van der Waals surface area contributed by atoms with Crippen LogP contribution in [0, 0.1) is 6.07 Å². The fraction of sp³-hybridized carbons (Fsp3) is 0.0870. The number of nitrogens with zero attached hydrogens (tertiary/aromatic N) is 1. The van der Waals surface area contributed by atoms with Crippen molar-refractivity contribution in [2.45, 2.75) is 12.8 Å². The molecular formula is C23H14IrN-. The number of hydrogen-bond acceptors (Lipinski definition) is 1. The molecule has 3 aromatic carbocycles. The zero-order chi connectivity index (χ0) is 15.7. The topological polar surface area (TPSA) is 12.9 Å². The van der Waals surface area contributed by atoms with E-state index in [2.05, 4.69) is 60.7 Å². The molecule has 0 saturated heterocycles. The molecule has 25 heavy (non-hydrogen) atoms. The van der Waals surface area contributed by atoms with E-state index in [1.54, 1.807) is 0 Å². The quantitative estimate of drug-likeness (QED) is 0.260. The van der Waals surface area contributed by atoms with Crippen molar-refractivity contribution in [3.8, 4) is 33.5 Å². The van der Waals surface area contributed by atoms with E-state index in [0.717, 1.165) is 24.1 Å². The third-order valence-electron chi connectivity index (χ3n) is 5.42. The minimum Gasteiger partial charge on any atom is -0.296 e. The van der Waals surface area contributed by atoms with Gasteiger partial charge in [-0.3, -0.25) is 4.98 Å². The van der Waals surface area contributed by atoms with Crippen LogP contribution in [-0.4, -0.2) is 4.98 Å². The van der Waals surface area contributed by atoms with Crippen molar-refractivity contribution in [3.05, 3.63) is 77.9 Å². The molecular weight excluding hydrogens is 482 g/mol. The predicted octanol–water partition coefficient (Wildman–Crippen LogP) is 5.45. The molecule has 0 atom stereocenters. The van der Waals surface area contributed by atoms with Crippen LogP contribution in [0.2, 0.25) is 0 Å². The van der Waals surface area contributed by atoms with Crippen LogP contribution in [0.4, 0.5) is 0 Å². The van der Waals surface area contributed by atoms with E-state index >= 15 is 0 Å². The molecule has 0 aliphatic heterocycles. The molecule has 1 heterocycles. The van der Waals surface area contributed by atoms with Gasteiger partial charge in [-0.1, -0.05) is 48.4 Å². The van der Waals surface area contributed by atoms with Crippen LogP contribution < -0.4 is 0 Å². The molecule has 0 bridgehead atoms. The first-order valence-corrected chi connectivity index (χ1v) is 8.47. The van der Waals surface area contributed by atoms with Crippen LogP contribution >= 0.6 is 0 Å². The second kappa shape index (κ2) is 5.36. The molecule has 4 aromatic rings. The predicted molar refractivity (Wildman–Crippen MR) is 97.9 cm³/mol. The Hall–Kier alpha value is -2.28. The Labute approximate surface area is 160 Å². The summed E-state index contributed by atoms with van der Waals surface area (Å²) in [7, 11) is 0. The third kappa shape index (κ3) is 1.90. The summed E-state index contributed by atoms with van der Waals surface area (Å²) < 4.78 is 0. The van der Waals surface area contributed by atoms with Crippen LogP contribution in [0.3, 0.4) is 0 Å². The number of pyridine rings is 1. The summed E-state index contributed by atoms with van der Waals surface area (Å²) in [5.41, 5.74) is 11.6. The molecule has 0 saturated carbocycles. The van der Waals surface area contributed by atoms with Gasteiger partial charge in [-0.2, -0.15) is 0 Å². The van der Waals surface area contributed by atoms with Crippen molar-refractivity contribution < 1.29 is 20.1 Å². The maximum Gasteiger partial charge on any atom is 0.0608 e. The third-order valence-corrected chi connectivity index (χ3v) is 5.42. The zero-order valence-electron chi connectivity index (χ0n) is 13.5. The van der Waals surface area contributed by atoms with Crippen molar-refractivity contribution in [1.29, 1.82) is 0 Å². The van der Waals surface area contributed by atoms with E-state index in [1.165, 1.54) is 44.3 Å². The average Bonchev–Trinajstić information content (AvgIpc) is 2.99. The van der Waals surface area contributed by atoms with Crippen molar-refractivity contribution in [2.24, 2.45) is 0 Å². The Balaban J connectivity index is 0.00000140. The molecule has 1 nitrogen and oxygen atoms in total. The van der Waals surface area contributed by atoms with Crippen LogP contribution in [0.5, 0.6) is 0 Å². The first kappa shape index (κ1) is 15.0. The van der Waals surface area contributed by atoms with Crippen molar-refractivity contribution in [3.63, 3.8) is 0 Å². The van der Waals surface area contributed by atoms with Gasteiger partial charge >= 0.3 is 0 Å². The molecule has 2 heteroatoms. The average molecular weight is 497 g/mol. The molecule has 2 aliphatic carbocycles. The van der Waals surface area contributed by atoms with Crippen LogP contribution in [0.25, 0.3) is 44.4 Å². The van der Waals surface area contributed by atoms with E-state index in [-0.39, 0.29) is 20.1 Å². The maximum atomic E-state index is 5.07. The molecule has 0 amide bonds. The largest absolute Gasteiger partial charge is 0.296 e. The summed E-state index contributed by atoms with van der Waals surface area (Å²) in [6.45, 7) is 0. The number of aryl methyl sites for hydroxylation is 1. The molecule has 2 aliphatic rings. The van der Waals surface area contributed by atoms with Gasteiger partial charge in [0, 0.05) is 25.5 Å². The Kier molecular flexibility index (Phi) is 3.22. The Morgan fingerprint density at radius 2 is 1.64 bits per heavy atom.